The van der Waals surface area contributed by atoms with Crippen molar-refractivity contribution in [1.82, 2.24) is 15.0 Å². The van der Waals surface area contributed by atoms with E-state index in [1.165, 1.54) is 12.3 Å². The number of aryl methyl sites for hydroxylation is 1. The summed E-state index contributed by atoms with van der Waals surface area (Å²) in [5.74, 6) is 0.713. The molecule has 0 aliphatic heterocycles. The van der Waals surface area contributed by atoms with Crippen LogP contribution in [0.15, 0.2) is 61.1 Å². The number of nitrogens with zero attached hydrogens (tertiary/aromatic N) is 3. The lowest BCUT2D eigenvalue weighted by Gasteiger charge is -2.13. The molecule has 0 aliphatic rings. The summed E-state index contributed by atoms with van der Waals surface area (Å²) in [4.78, 5) is 12.6. The zero-order valence-corrected chi connectivity index (χ0v) is 16.9. The number of hydrogen-bond donors (Lipinski definition) is 3. The van der Waals surface area contributed by atoms with Crippen LogP contribution in [0, 0.1) is 6.92 Å². The van der Waals surface area contributed by atoms with Crippen molar-refractivity contribution in [1.29, 1.82) is 0 Å². The minimum Gasteiger partial charge on any atom is -0.393 e. The molecule has 1 aromatic carbocycles. The number of hydrogen-bond acceptors (Lipinski definition) is 6. The van der Waals surface area contributed by atoms with Crippen LogP contribution in [0.5, 0.6) is 0 Å². The number of halogens is 3. The van der Waals surface area contributed by atoms with Gasteiger partial charge in [-0.15, -0.1) is 0 Å². The van der Waals surface area contributed by atoms with Gasteiger partial charge in [0, 0.05) is 35.1 Å². The number of anilines is 2. The van der Waals surface area contributed by atoms with Gasteiger partial charge in [0.1, 0.15) is 17.7 Å². The number of nitrogens with one attached hydrogen (secondary N) is 1. The van der Waals surface area contributed by atoms with E-state index in [1.807, 2.05) is 31.2 Å². The standard InChI is InChI=1S/C23H19F3N4O2/c1-13-8-16(19(32)12-31)10-29-21(13)15-2-4-18-14(9-15)6-7-27-22(18)30-20-5-3-17(11-28-20)23(24,25)26/h2-11,19,31-32H,12H2,1H3,(H,27,28,30). The van der Waals surface area contributed by atoms with E-state index in [1.54, 1.807) is 12.3 Å². The van der Waals surface area contributed by atoms with Gasteiger partial charge in [0.2, 0.25) is 0 Å². The molecule has 32 heavy (non-hydrogen) atoms. The van der Waals surface area contributed by atoms with Crippen molar-refractivity contribution >= 4 is 22.4 Å². The smallest absolute Gasteiger partial charge is 0.393 e. The van der Waals surface area contributed by atoms with E-state index in [2.05, 4.69) is 20.3 Å². The molecular weight excluding hydrogens is 421 g/mol. The van der Waals surface area contributed by atoms with Crippen LogP contribution in [0.3, 0.4) is 0 Å². The molecule has 4 aromatic rings. The van der Waals surface area contributed by atoms with Gasteiger partial charge in [-0.3, -0.25) is 4.98 Å². The number of alkyl halides is 3. The molecule has 0 saturated heterocycles. The third kappa shape index (κ3) is 4.39. The molecule has 0 fully saturated rings. The molecule has 0 aliphatic carbocycles. The van der Waals surface area contributed by atoms with Gasteiger partial charge in [-0.05, 0) is 54.3 Å². The molecule has 3 N–H and O–H groups in total. The number of pyridine rings is 3. The molecular formula is C23H19F3N4O2. The fraction of sp³-hybridized carbons (Fsp3) is 0.174. The van der Waals surface area contributed by atoms with Crippen molar-refractivity contribution in [3.63, 3.8) is 0 Å². The van der Waals surface area contributed by atoms with E-state index in [-0.39, 0.29) is 12.4 Å². The van der Waals surface area contributed by atoms with Gasteiger partial charge < -0.3 is 15.5 Å². The summed E-state index contributed by atoms with van der Waals surface area (Å²) in [6, 6.07) is 11.5. The normalized spacial score (nSPS) is 12.7. The molecule has 0 amide bonds. The topological polar surface area (TPSA) is 91.2 Å². The average Bonchev–Trinajstić information content (AvgIpc) is 2.78. The largest absolute Gasteiger partial charge is 0.417 e. The fourth-order valence-electron chi connectivity index (χ4n) is 3.37. The van der Waals surface area contributed by atoms with E-state index < -0.39 is 17.8 Å². The highest BCUT2D eigenvalue weighted by molar-refractivity contribution is 5.95. The maximum absolute atomic E-state index is 12.7. The summed E-state index contributed by atoms with van der Waals surface area (Å²) in [7, 11) is 0. The Morgan fingerprint density at radius 1 is 1.00 bits per heavy atom. The summed E-state index contributed by atoms with van der Waals surface area (Å²) in [6.07, 6.45) is -1.52. The van der Waals surface area contributed by atoms with Crippen LogP contribution in [0.4, 0.5) is 24.8 Å². The van der Waals surface area contributed by atoms with E-state index in [0.717, 1.165) is 39.9 Å². The van der Waals surface area contributed by atoms with Gasteiger partial charge >= 0.3 is 6.18 Å². The van der Waals surface area contributed by atoms with Crippen molar-refractivity contribution in [2.24, 2.45) is 0 Å². The monoisotopic (exact) mass is 440 g/mol. The van der Waals surface area contributed by atoms with Crippen LogP contribution >= 0.6 is 0 Å². The van der Waals surface area contributed by atoms with Crippen LogP contribution in [0.25, 0.3) is 22.0 Å². The quantitative estimate of drug-likeness (QED) is 0.413. The maximum atomic E-state index is 12.7. The number of aromatic nitrogens is 3. The van der Waals surface area contributed by atoms with Crippen LogP contribution < -0.4 is 5.32 Å². The first-order valence-electron chi connectivity index (χ1n) is 9.71. The Balaban J connectivity index is 1.64. The third-order valence-corrected chi connectivity index (χ3v) is 5.03. The fourth-order valence-corrected chi connectivity index (χ4v) is 3.37. The van der Waals surface area contributed by atoms with E-state index in [0.29, 0.717) is 11.4 Å². The predicted molar refractivity (Wildman–Crippen MR) is 114 cm³/mol. The lowest BCUT2D eigenvalue weighted by atomic mass is 10.0. The average molecular weight is 440 g/mol. The van der Waals surface area contributed by atoms with E-state index in [4.69, 9.17) is 5.11 Å². The summed E-state index contributed by atoms with van der Waals surface area (Å²) >= 11 is 0. The zero-order chi connectivity index (χ0) is 22.9. The Kier molecular flexibility index (Phi) is 5.77. The molecule has 3 heterocycles. The molecule has 0 spiro atoms. The van der Waals surface area contributed by atoms with Crippen LogP contribution in [0.1, 0.15) is 22.8 Å². The van der Waals surface area contributed by atoms with Crippen molar-refractivity contribution in [2.75, 3.05) is 11.9 Å². The second-order valence-corrected chi connectivity index (χ2v) is 7.28. The molecule has 0 radical (unpaired) electrons. The van der Waals surface area contributed by atoms with Gasteiger partial charge in [-0.1, -0.05) is 6.07 Å². The number of rotatable bonds is 5. The second-order valence-electron chi connectivity index (χ2n) is 7.28. The Labute approximate surface area is 181 Å². The molecule has 3 aromatic heterocycles. The Hall–Kier alpha value is -3.56. The first kappa shape index (κ1) is 21.7. The SMILES string of the molecule is Cc1cc(C(O)CO)cnc1-c1ccc2c(Nc3ccc(C(F)(F)F)cn3)nccc2c1. The zero-order valence-electron chi connectivity index (χ0n) is 16.9. The molecule has 164 valence electrons. The minimum atomic E-state index is -4.44. The lowest BCUT2D eigenvalue weighted by Crippen LogP contribution is -2.06. The van der Waals surface area contributed by atoms with E-state index in [9.17, 15) is 18.3 Å². The molecule has 0 bridgehead atoms. The van der Waals surface area contributed by atoms with Crippen molar-refractivity contribution < 1.29 is 23.4 Å². The highest BCUT2D eigenvalue weighted by Crippen LogP contribution is 2.32. The summed E-state index contributed by atoms with van der Waals surface area (Å²) in [6.45, 7) is 1.49. The van der Waals surface area contributed by atoms with Gasteiger partial charge in [0.05, 0.1) is 17.9 Å². The highest BCUT2D eigenvalue weighted by atomic mass is 19.4. The summed E-state index contributed by atoms with van der Waals surface area (Å²) in [5.41, 5.74) is 2.14. The molecule has 0 saturated carbocycles. The first-order valence-corrected chi connectivity index (χ1v) is 9.71. The van der Waals surface area contributed by atoms with Crippen molar-refractivity contribution in [3.05, 3.63) is 77.7 Å². The lowest BCUT2D eigenvalue weighted by molar-refractivity contribution is -0.137. The maximum Gasteiger partial charge on any atom is 0.417 e. The van der Waals surface area contributed by atoms with Gasteiger partial charge in [-0.2, -0.15) is 13.2 Å². The highest BCUT2D eigenvalue weighted by Gasteiger charge is 2.30. The summed E-state index contributed by atoms with van der Waals surface area (Å²) < 4.78 is 38.2. The molecule has 4 rings (SSSR count). The molecule has 1 atom stereocenters. The van der Waals surface area contributed by atoms with Crippen LogP contribution in [0.2, 0.25) is 0 Å². The van der Waals surface area contributed by atoms with Crippen LogP contribution in [-0.2, 0) is 6.18 Å². The van der Waals surface area contributed by atoms with Crippen molar-refractivity contribution in [2.45, 2.75) is 19.2 Å². The molecule has 6 nitrogen and oxygen atoms in total. The molecule has 9 heteroatoms. The number of fused-ring (bicyclic) bond motifs is 1. The molecule has 1 unspecified atom stereocenters. The third-order valence-electron chi connectivity index (χ3n) is 5.03. The first-order chi connectivity index (χ1) is 15.3. The minimum absolute atomic E-state index is 0.248. The van der Waals surface area contributed by atoms with Crippen LogP contribution in [-0.4, -0.2) is 31.8 Å². The predicted octanol–water partition coefficient (Wildman–Crippen LogP) is 4.79. The number of benzene rings is 1. The van der Waals surface area contributed by atoms with Crippen molar-refractivity contribution in [3.8, 4) is 11.3 Å². The van der Waals surface area contributed by atoms with Gasteiger partial charge in [0.15, 0.2) is 0 Å². The Bertz CT molecular complexity index is 1260. The summed E-state index contributed by atoms with van der Waals surface area (Å²) in [5, 5.41) is 23.5. The Morgan fingerprint density at radius 2 is 1.81 bits per heavy atom. The van der Waals surface area contributed by atoms with Gasteiger partial charge in [0.25, 0.3) is 0 Å². The van der Waals surface area contributed by atoms with E-state index >= 15 is 0 Å². The van der Waals surface area contributed by atoms with Gasteiger partial charge in [-0.25, -0.2) is 9.97 Å². The Morgan fingerprint density at radius 3 is 2.47 bits per heavy atom. The second kappa shape index (κ2) is 8.52. The number of aliphatic hydroxyl groups excluding tert-OH is 2. The number of aliphatic hydroxyl groups is 2.